The Balaban J connectivity index is 0.000000177. The summed E-state index contributed by atoms with van der Waals surface area (Å²) >= 11 is 7.54. The number of nitriles is 1. The SMILES string of the molecule is C1CCSCC1.CC#N.O=C1CCC(N2Cc3c(OCc4ccc(CBr)cc4)cccc3C2=O)C(=O)N1.O=C1CCC(N2Cc3c(OCc4ccc(CN5CCSCC5)cc4)cccc3C2=O)C(=O)N1. The minimum atomic E-state index is -0.624. The minimum Gasteiger partial charge on any atom is -0.489 e. The van der Waals surface area contributed by atoms with Gasteiger partial charge < -0.3 is 19.3 Å². The first kappa shape index (κ1) is 52.2. The Kier molecular flexibility index (Phi) is 19.4. The highest BCUT2D eigenvalue weighted by Crippen LogP contribution is 2.35. The fourth-order valence-corrected chi connectivity index (χ4v) is 11.3. The second-order valence-corrected chi connectivity index (χ2v) is 20.5. The number of halogens is 1. The Bertz CT molecular complexity index is 2530. The van der Waals surface area contributed by atoms with E-state index in [1.807, 2.05) is 48.2 Å². The summed E-state index contributed by atoms with van der Waals surface area (Å²) in [5.74, 6) is 4.77. The number of ether oxygens (including phenoxy) is 2. The number of benzene rings is 4. The molecule has 368 valence electrons. The molecule has 2 atom stereocenters. The number of nitrogens with zero attached hydrogens (tertiary/aromatic N) is 4. The number of amides is 6. The molecule has 4 saturated heterocycles. The van der Waals surface area contributed by atoms with E-state index < -0.39 is 23.9 Å². The van der Waals surface area contributed by atoms with Crippen molar-refractivity contribution in [3.8, 4) is 17.6 Å². The molecule has 0 aliphatic carbocycles. The van der Waals surface area contributed by atoms with E-state index >= 15 is 0 Å². The van der Waals surface area contributed by atoms with Gasteiger partial charge >= 0.3 is 0 Å². The van der Waals surface area contributed by atoms with Crippen molar-refractivity contribution in [2.24, 2.45) is 0 Å². The predicted molar refractivity (Wildman–Crippen MR) is 274 cm³/mol. The highest BCUT2D eigenvalue weighted by atomic mass is 79.9. The molecule has 6 aliphatic rings. The molecule has 17 heteroatoms. The van der Waals surface area contributed by atoms with E-state index in [9.17, 15) is 28.8 Å². The van der Waals surface area contributed by atoms with Gasteiger partial charge in [0.05, 0.1) is 19.2 Å². The molecular formula is C53H59BrN6O8S2. The van der Waals surface area contributed by atoms with Gasteiger partial charge in [0.1, 0.15) is 36.8 Å². The summed E-state index contributed by atoms with van der Waals surface area (Å²) in [6.45, 7) is 6.11. The van der Waals surface area contributed by atoms with E-state index in [0.717, 1.165) is 47.2 Å². The Labute approximate surface area is 426 Å². The number of carbonyl (C=O) groups excluding carboxylic acids is 6. The van der Waals surface area contributed by atoms with Gasteiger partial charge in [-0.1, -0.05) is 83.0 Å². The van der Waals surface area contributed by atoms with Gasteiger partial charge in [-0.25, -0.2) is 0 Å². The number of imide groups is 2. The molecule has 0 saturated carbocycles. The quantitative estimate of drug-likeness (QED) is 0.110. The molecule has 6 amide bonds. The van der Waals surface area contributed by atoms with Gasteiger partial charge in [-0.05, 0) is 83.7 Å². The number of alkyl halides is 1. The third kappa shape index (κ3) is 13.8. The van der Waals surface area contributed by atoms with E-state index in [1.165, 1.54) is 65.2 Å². The maximum atomic E-state index is 13.0. The minimum absolute atomic E-state index is 0.189. The molecule has 2 unspecified atom stereocenters. The Hall–Kier alpha value is -5.67. The maximum absolute atomic E-state index is 13.0. The van der Waals surface area contributed by atoms with Crippen LogP contribution < -0.4 is 20.1 Å². The van der Waals surface area contributed by atoms with Crippen molar-refractivity contribution in [2.75, 3.05) is 36.1 Å². The smallest absolute Gasteiger partial charge is 0.255 e. The average Bonchev–Trinajstić information content (AvgIpc) is 3.90. The summed E-state index contributed by atoms with van der Waals surface area (Å²) in [5.41, 5.74) is 7.29. The number of rotatable bonds is 11. The first-order valence-corrected chi connectivity index (χ1v) is 27.2. The van der Waals surface area contributed by atoms with E-state index in [0.29, 0.717) is 61.8 Å². The largest absolute Gasteiger partial charge is 0.489 e. The number of fused-ring (bicyclic) bond motifs is 2. The van der Waals surface area contributed by atoms with Crippen molar-refractivity contribution in [2.45, 2.75) is 102 Å². The van der Waals surface area contributed by atoms with Gasteiger partial charge in [-0.15, -0.1) is 0 Å². The molecule has 0 bridgehead atoms. The fourth-order valence-electron chi connectivity index (χ4n) is 8.88. The molecule has 10 rings (SSSR count). The van der Waals surface area contributed by atoms with Crippen molar-refractivity contribution >= 4 is 74.9 Å². The summed E-state index contributed by atoms with van der Waals surface area (Å²) < 4.78 is 12.1. The number of nitrogens with one attached hydrogen (secondary N) is 2. The Morgan fingerprint density at radius 2 is 1.04 bits per heavy atom. The van der Waals surface area contributed by atoms with Gasteiger partial charge in [-0.2, -0.15) is 28.8 Å². The molecule has 0 aromatic heterocycles. The summed E-state index contributed by atoms with van der Waals surface area (Å²) in [6.07, 6.45) is 5.59. The van der Waals surface area contributed by atoms with Crippen LogP contribution in [0.15, 0.2) is 84.9 Å². The van der Waals surface area contributed by atoms with Crippen molar-refractivity contribution in [1.29, 1.82) is 5.26 Å². The Morgan fingerprint density at radius 3 is 1.44 bits per heavy atom. The molecule has 0 radical (unpaired) electrons. The van der Waals surface area contributed by atoms with Crippen LogP contribution >= 0.6 is 39.5 Å². The number of thioether (sulfide) groups is 2. The first-order valence-electron chi connectivity index (χ1n) is 23.8. The van der Waals surface area contributed by atoms with Crippen LogP contribution in [0.25, 0.3) is 0 Å². The molecule has 14 nitrogen and oxygen atoms in total. The van der Waals surface area contributed by atoms with Gasteiger partial charge in [0.25, 0.3) is 11.8 Å². The zero-order valence-corrected chi connectivity index (χ0v) is 42.6. The molecule has 6 aliphatic heterocycles. The van der Waals surface area contributed by atoms with Crippen LogP contribution in [0.1, 0.15) is 106 Å². The fraction of sp³-hybridized carbons (Fsp3) is 0.415. The third-order valence-corrected chi connectivity index (χ3v) is 15.4. The van der Waals surface area contributed by atoms with E-state index in [4.69, 9.17) is 14.7 Å². The Morgan fingerprint density at radius 1 is 0.614 bits per heavy atom. The van der Waals surface area contributed by atoms with Crippen molar-refractivity contribution in [3.63, 3.8) is 0 Å². The van der Waals surface area contributed by atoms with Crippen molar-refractivity contribution < 1.29 is 38.2 Å². The average molecular weight is 1050 g/mol. The van der Waals surface area contributed by atoms with Gasteiger partial charge in [-0.3, -0.25) is 44.3 Å². The lowest BCUT2D eigenvalue weighted by molar-refractivity contribution is -0.138. The molecule has 70 heavy (non-hydrogen) atoms. The number of hydrogen-bond acceptors (Lipinski definition) is 12. The second kappa shape index (κ2) is 26.0. The van der Waals surface area contributed by atoms with Crippen LogP contribution in [0, 0.1) is 11.3 Å². The zero-order chi connectivity index (χ0) is 49.4. The van der Waals surface area contributed by atoms with Crippen LogP contribution in [0.4, 0.5) is 0 Å². The van der Waals surface area contributed by atoms with Crippen molar-refractivity contribution in [1.82, 2.24) is 25.3 Å². The monoisotopic (exact) mass is 1050 g/mol. The van der Waals surface area contributed by atoms with Crippen LogP contribution in [-0.2, 0) is 57.4 Å². The second-order valence-electron chi connectivity index (χ2n) is 17.5. The van der Waals surface area contributed by atoms with E-state index in [1.54, 1.807) is 35.2 Å². The molecule has 4 fully saturated rings. The lowest BCUT2D eigenvalue weighted by Crippen LogP contribution is -2.52. The van der Waals surface area contributed by atoms with Gasteiger partial charge in [0.2, 0.25) is 23.6 Å². The highest BCUT2D eigenvalue weighted by Gasteiger charge is 2.41. The van der Waals surface area contributed by atoms with Crippen LogP contribution in [0.3, 0.4) is 0 Å². The topological polar surface area (TPSA) is 178 Å². The summed E-state index contributed by atoms with van der Waals surface area (Å²) in [4.78, 5) is 78.7. The normalized spacial score (nSPS) is 19.7. The molecule has 4 aromatic rings. The molecule has 4 aromatic carbocycles. The predicted octanol–water partition coefficient (Wildman–Crippen LogP) is 7.93. The summed E-state index contributed by atoms with van der Waals surface area (Å²) in [6, 6.07) is 27.9. The lowest BCUT2D eigenvalue weighted by atomic mass is 10.0. The summed E-state index contributed by atoms with van der Waals surface area (Å²) in [5, 5.41) is 12.8. The van der Waals surface area contributed by atoms with Crippen LogP contribution in [-0.4, -0.2) is 98.3 Å². The number of piperidine rings is 2. The van der Waals surface area contributed by atoms with E-state index in [2.05, 4.69) is 67.5 Å². The standard InChI is InChI=1S/C25H27N3O4S.C21H19BrN2O4.C5H10S.C2H3N/c29-23-9-8-21(24(30)26-23)28-15-20-19(25(28)31)2-1-3-22(20)32-16-18-6-4-17(5-7-18)14-27-10-12-33-13-11-27;22-10-13-4-6-14(7-5-13)12-28-18-3-1-2-15-16(18)11-24(21(15)27)17-8-9-19(25)23-20(17)26;1-2-4-6-5-3-1;1-2-3/h1-7,21H,8-16H2,(H,26,29,30);1-7,17H,8-12H2,(H,23,25,26);1-5H2;1H3. The van der Waals surface area contributed by atoms with Gasteiger partial charge in [0, 0.05) is 78.5 Å². The van der Waals surface area contributed by atoms with Crippen molar-refractivity contribution in [3.05, 3.63) is 129 Å². The van der Waals surface area contributed by atoms with Gasteiger partial charge in [0.15, 0.2) is 0 Å². The number of hydrogen-bond donors (Lipinski definition) is 2. The van der Waals surface area contributed by atoms with E-state index in [-0.39, 0.29) is 36.5 Å². The molecule has 0 spiro atoms. The molecular weight excluding hydrogens is 993 g/mol. The molecule has 2 N–H and O–H groups in total. The number of carbonyl (C=O) groups is 6. The third-order valence-electron chi connectivity index (χ3n) is 12.7. The zero-order valence-electron chi connectivity index (χ0n) is 39.4. The molecule has 6 heterocycles. The van der Waals surface area contributed by atoms with Crippen LogP contribution in [0.5, 0.6) is 11.5 Å². The first-order chi connectivity index (χ1) is 34.1. The van der Waals surface area contributed by atoms with Crippen LogP contribution in [0.2, 0.25) is 0 Å². The lowest BCUT2D eigenvalue weighted by Gasteiger charge is -2.29. The maximum Gasteiger partial charge on any atom is 0.255 e. The highest BCUT2D eigenvalue weighted by molar-refractivity contribution is 9.08. The summed E-state index contributed by atoms with van der Waals surface area (Å²) in [7, 11) is 0.